The van der Waals surface area contributed by atoms with Gasteiger partial charge in [0.2, 0.25) is 0 Å². The van der Waals surface area contributed by atoms with Gasteiger partial charge in [-0.25, -0.2) is 0 Å². The van der Waals surface area contributed by atoms with Crippen LogP contribution >= 0.6 is 0 Å². The maximum Gasteiger partial charge on any atom is 0.0911 e. The van der Waals surface area contributed by atoms with Gasteiger partial charge in [-0.1, -0.05) is 42.0 Å². The maximum absolute atomic E-state index is 6.91. The van der Waals surface area contributed by atoms with E-state index in [-0.39, 0.29) is 11.7 Å². The van der Waals surface area contributed by atoms with Crippen molar-refractivity contribution in [2.75, 3.05) is 13.1 Å². The fourth-order valence-corrected chi connectivity index (χ4v) is 6.66. The number of nitrogens with zero attached hydrogens (tertiary/aromatic N) is 2. The van der Waals surface area contributed by atoms with Gasteiger partial charge in [0.1, 0.15) is 0 Å². The summed E-state index contributed by atoms with van der Waals surface area (Å²) in [4.78, 5) is 2.76. The summed E-state index contributed by atoms with van der Waals surface area (Å²) in [7, 11) is 0. The zero-order valence-corrected chi connectivity index (χ0v) is 18.4. The molecule has 1 saturated heterocycles. The number of aromatic nitrogens is 1. The monoisotopic (exact) mass is 400 g/mol. The summed E-state index contributed by atoms with van der Waals surface area (Å²) in [5.41, 5.74) is 7.04. The number of hydrogen-bond acceptors (Lipinski definition) is 2. The predicted octanol–water partition coefficient (Wildman–Crippen LogP) is 5.59. The van der Waals surface area contributed by atoms with Gasteiger partial charge >= 0.3 is 0 Å². The normalized spacial score (nSPS) is 31.2. The van der Waals surface area contributed by atoms with Crippen molar-refractivity contribution in [2.45, 2.75) is 64.3 Å². The van der Waals surface area contributed by atoms with Crippen LogP contribution in [0.2, 0.25) is 0 Å². The summed E-state index contributed by atoms with van der Waals surface area (Å²) in [6.45, 7) is 10.1. The Morgan fingerprint density at radius 1 is 1.07 bits per heavy atom. The molecule has 3 nitrogen and oxygen atoms in total. The number of fused-ring (bicyclic) bond motifs is 3. The van der Waals surface area contributed by atoms with Crippen molar-refractivity contribution in [3.05, 3.63) is 70.9 Å². The fraction of sp³-hybridized carbons (Fsp3) is 0.481. The van der Waals surface area contributed by atoms with Crippen LogP contribution in [0.5, 0.6) is 0 Å². The van der Waals surface area contributed by atoms with Crippen LogP contribution in [0.15, 0.2) is 48.5 Å². The molecule has 2 aromatic carbocycles. The molecule has 0 bridgehead atoms. The standard InChI is InChI=1S/C27H32N2O/c1-18-9-10-24-23(15-18)22-12-14-28-13-11-20-16-27(3,21-7-5-4-6-8-21)30-19(2)17-29(24)26(22)25(20)28/h4-10,15,19-20,25H,11-14,16-17H2,1-3H3. The number of hydrogen-bond donors (Lipinski definition) is 0. The number of ether oxygens (including phenoxy) is 1. The minimum Gasteiger partial charge on any atom is -0.366 e. The van der Waals surface area contributed by atoms with E-state index in [2.05, 4.69) is 78.8 Å². The van der Waals surface area contributed by atoms with Crippen LogP contribution in [-0.2, 0) is 23.3 Å². The van der Waals surface area contributed by atoms with Gasteiger partial charge < -0.3 is 9.30 Å². The fourth-order valence-electron chi connectivity index (χ4n) is 6.66. The summed E-state index contributed by atoms with van der Waals surface area (Å²) < 4.78 is 9.53. The first-order valence-electron chi connectivity index (χ1n) is 11.6. The Hall–Kier alpha value is -2.10. The van der Waals surface area contributed by atoms with E-state index in [1.807, 2.05) is 0 Å². The lowest BCUT2D eigenvalue weighted by molar-refractivity contribution is -0.0976. The molecule has 156 valence electrons. The van der Waals surface area contributed by atoms with Crippen molar-refractivity contribution in [1.82, 2.24) is 9.47 Å². The molecular formula is C27H32N2O. The van der Waals surface area contributed by atoms with Crippen molar-refractivity contribution in [3.63, 3.8) is 0 Å². The van der Waals surface area contributed by atoms with E-state index in [1.54, 1.807) is 11.3 Å². The van der Waals surface area contributed by atoms with Gasteiger partial charge in [-0.05, 0) is 75.8 Å². The Morgan fingerprint density at radius 3 is 2.73 bits per heavy atom. The molecule has 6 rings (SSSR count). The summed E-state index contributed by atoms with van der Waals surface area (Å²) in [5, 5.41) is 1.48. The molecule has 3 heteroatoms. The molecule has 3 aromatic rings. The third-order valence-electron chi connectivity index (χ3n) is 7.86. The van der Waals surface area contributed by atoms with Crippen LogP contribution in [0.25, 0.3) is 10.9 Å². The van der Waals surface area contributed by atoms with E-state index in [4.69, 9.17) is 4.74 Å². The Morgan fingerprint density at radius 2 is 1.90 bits per heavy atom. The van der Waals surface area contributed by atoms with Gasteiger partial charge in [-0.15, -0.1) is 0 Å². The van der Waals surface area contributed by atoms with E-state index in [9.17, 15) is 0 Å². The minimum atomic E-state index is -0.241. The van der Waals surface area contributed by atoms with Crippen molar-refractivity contribution in [1.29, 1.82) is 0 Å². The summed E-state index contributed by atoms with van der Waals surface area (Å²) in [5.74, 6) is 0.628. The van der Waals surface area contributed by atoms with Gasteiger partial charge in [0.05, 0.1) is 17.7 Å². The van der Waals surface area contributed by atoms with Crippen molar-refractivity contribution >= 4 is 10.9 Å². The zero-order valence-electron chi connectivity index (χ0n) is 18.4. The van der Waals surface area contributed by atoms with E-state index < -0.39 is 0 Å². The highest BCUT2D eigenvalue weighted by Crippen LogP contribution is 2.50. The lowest BCUT2D eigenvalue weighted by Gasteiger charge is -2.37. The summed E-state index contributed by atoms with van der Waals surface area (Å²) >= 11 is 0. The molecule has 4 unspecified atom stereocenters. The van der Waals surface area contributed by atoms with Gasteiger partial charge in [0.25, 0.3) is 0 Å². The molecule has 0 amide bonds. The average Bonchev–Trinajstić information content (AvgIpc) is 3.28. The van der Waals surface area contributed by atoms with E-state index in [0.29, 0.717) is 12.0 Å². The first-order chi connectivity index (χ1) is 14.5. The van der Waals surface area contributed by atoms with Crippen LogP contribution in [0, 0.1) is 12.8 Å². The third-order valence-corrected chi connectivity index (χ3v) is 7.86. The van der Waals surface area contributed by atoms with Crippen LogP contribution < -0.4 is 0 Å². The molecular weight excluding hydrogens is 368 g/mol. The van der Waals surface area contributed by atoms with Crippen molar-refractivity contribution in [2.24, 2.45) is 5.92 Å². The first kappa shape index (κ1) is 18.7. The molecule has 0 spiro atoms. The predicted molar refractivity (Wildman–Crippen MR) is 122 cm³/mol. The number of aryl methyl sites for hydroxylation is 1. The molecule has 4 atom stereocenters. The second-order valence-corrected chi connectivity index (χ2v) is 10.0. The smallest absolute Gasteiger partial charge is 0.0911 e. The Balaban J connectivity index is 1.54. The zero-order chi connectivity index (χ0) is 20.5. The second-order valence-electron chi connectivity index (χ2n) is 10.0. The quantitative estimate of drug-likeness (QED) is 0.529. The van der Waals surface area contributed by atoms with Gasteiger partial charge in [0, 0.05) is 29.7 Å². The highest BCUT2D eigenvalue weighted by Gasteiger charge is 2.46. The third kappa shape index (κ3) is 2.72. The van der Waals surface area contributed by atoms with Gasteiger partial charge in [0.15, 0.2) is 0 Å². The van der Waals surface area contributed by atoms with Crippen LogP contribution in [-0.4, -0.2) is 28.7 Å². The van der Waals surface area contributed by atoms with E-state index >= 15 is 0 Å². The highest BCUT2D eigenvalue weighted by molar-refractivity contribution is 5.87. The van der Waals surface area contributed by atoms with Crippen LogP contribution in [0.3, 0.4) is 0 Å². The molecule has 3 aliphatic heterocycles. The molecule has 0 N–H and O–H groups in total. The molecule has 0 radical (unpaired) electrons. The second kappa shape index (κ2) is 6.70. The van der Waals surface area contributed by atoms with E-state index in [1.165, 1.54) is 48.0 Å². The Bertz CT molecular complexity index is 1100. The van der Waals surface area contributed by atoms with Gasteiger partial charge in [-0.2, -0.15) is 0 Å². The first-order valence-corrected chi connectivity index (χ1v) is 11.6. The molecule has 30 heavy (non-hydrogen) atoms. The Labute approximate surface area is 179 Å². The summed E-state index contributed by atoms with van der Waals surface area (Å²) in [6, 6.07) is 18.5. The number of rotatable bonds is 1. The average molecular weight is 401 g/mol. The molecule has 0 saturated carbocycles. The van der Waals surface area contributed by atoms with Crippen LogP contribution in [0.4, 0.5) is 0 Å². The summed E-state index contributed by atoms with van der Waals surface area (Å²) in [6.07, 6.45) is 3.69. The van der Waals surface area contributed by atoms with Crippen molar-refractivity contribution in [3.8, 4) is 0 Å². The molecule has 1 fully saturated rings. The highest BCUT2D eigenvalue weighted by atomic mass is 16.5. The lowest BCUT2D eigenvalue weighted by Crippen LogP contribution is -2.35. The molecule has 1 aromatic heterocycles. The van der Waals surface area contributed by atoms with E-state index in [0.717, 1.165) is 13.0 Å². The number of benzene rings is 2. The lowest BCUT2D eigenvalue weighted by atomic mass is 9.80. The maximum atomic E-state index is 6.91. The Kier molecular flexibility index (Phi) is 4.16. The minimum absolute atomic E-state index is 0.158. The topological polar surface area (TPSA) is 17.4 Å². The van der Waals surface area contributed by atoms with Crippen molar-refractivity contribution < 1.29 is 4.74 Å². The SMILES string of the molecule is Cc1ccc2c(c1)c1c3n2CC(C)OC(C)(c2ccccc2)CC2CCN(CC1)C32. The molecule has 0 aliphatic carbocycles. The molecule has 4 heterocycles. The largest absolute Gasteiger partial charge is 0.366 e. The van der Waals surface area contributed by atoms with Gasteiger partial charge in [-0.3, -0.25) is 4.90 Å². The molecule has 3 aliphatic rings. The van der Waals surface area contributed by atoms with Crippen LogP contribution in [0.1, 0.15) is 55.1 Å².